The van der Waals surface area contributed by atoms with Gasteiger partial charge in [0.15, 0.2) is 0 Å². The number of piperazine rings is 1. The number of rotatable bonds is 4. The van der Waals surface area contributed by atoms with E-state index in [-0.39, 0.29) is 23.4 Å². The Bertz CT molecular complexity index is 1090. The normalized spacial score (nSPS) is 24.5. The third kappa shape index (κ3) is 3.33. The first kappa shape index (κ1) is 20.9. The van der Waals surface area contributed by atoms with Crippen LogP contribution in [0, 0.1) is 0 Å². The molecule has 3 heterocycles. The highest BCUT2D eigenvalue weighted by Crippen LogP contribution is 2.43. The lowest BCUT2D eigenvalue weighted by molar-refractivity contribution is -0.137. The van der Waals surface area contributed by atoms with Gasteiger partial charge in [0.05, 0.1) is 29.1 Å². The Hall–Kier alpha value is -3.01. The van der Waals surface area contributed by atoms with E-state index in [1.54, 1.807) is 4.90 Å². The summed E-state index contributed by atoms with van der Waals surface area (Å²) in [7, 11) is 0. The van der Waals surface area contributed by atoms with Gasteiger partial charge >= 0.3 is 12.2 Å². The standard InChI is InChI=1S/C22H18F3N3O3S/c23-22(24,25)13-5-4-6-14(9-13)28-20(30)19-17-10-15(27(19)21(28)31)11-26(17)18(29)12-32-16-7-2-1-3-8-16/h1-9,15,17,19H,10-12H2/t15?,17-,19-/m1/s1. The predicted molar refractivity (Wildman–Crippen MR) is 111 cm³/mol. The molecule has 2 aromatic rings. The highest BCUT2D eigenvalue weighted by atomic mass is 32.2. The number of likely N-dealkylation sites (tertiary alicyclic amines) is 1. The quantitative estimate of drug-likeness (QED) is 0.516. The fourth-order valence-electron chi connectivity index (χ4n) is 4.75. The molecule has 6 nitrogen and oxygen atoms in total. The molecule has 4 amide bonds. The number of imide groups is 1. The molecule has 0 aromatic heterocycles. The minimum absolute atomic E-state index is 0.110. The highest BCUT2D eigenvalue weighted by molar-refractivity contribution is 8.00. The molecule has 3 fully saturated rings. The number of fused-ring (bicyclic) bond motifs is 5. The molecule has 3 aliphatic heterocycles. The monoisotopic (exact) mass is 461 g/mol. The van der Waals surface area contributed by atoms with E-state index in [9.17, 15) is 27.6 Å². The third-order valence-electron chi connectivity index (χ3n) is 6.12. The fraction of sp³-hybridized carbons (Fsp3) is 0.318. The number of hydrogen-bond acceptors (Lipinski definition) is 4. The van der Waals surface area contributed by atoms with Crippen molar-refractivity contribution in [3.05, 3.63) is 60.2 Å². The summed E-state index contributed by atoms with van der Waals surface area (Å²) in [5, 5.41) is 0. The van der Waals surface area contributed by atoms with Gasteiger partial charge in [0.1, 0.15) is 6.04 Å². The molecule has 1 unspecified atom stereocenters. The molecule has 0 saturated carbocycles. The second-order valence-electron chi connectivity index (χ2n) is 7.96. The summed E-state index contributed by atoms with van der Waals surface area (Å²) in [6.45, 7) is 0.324. The van der Waals surface area contributed by atoms with E-state index in [2.05, 4.69) is 0 Å². The zero-order valence-corrected chi connectivity index (χ0v) is 17.5. The van der Waals surface area contributed by atoms with Gasteiger partial charge in [-0.3, -0.25) is 9.59 Å². The van der Waals surface area contributed by atoms with Crippen LogP contribution in [-0.2, 0) is 15.8 Å². The average molecular weight is 461 g/mol. The van der Waals surface area contributed by atoms with Crippen LogP contribution in [0.2, 0.25) is 0 Å². The van der Waals surface area contributed by atoms with Gasteiger partial charge in [-0.1, -0.05) is 24.3 Å². The van der Waals surface area contributed by atoms with E-state index in [4.69, 9.17) is 0 Å². The first-order valence-electron chi connectivity index (χ1n) is 10.1. The van der Waals surface area contributed by atoms with E-state index in [1.807, 2.05) is 30.3 Å². The van der Waals surface area contributed by atoms with Crippen LogP contribution in [0.3, 0.4) is 0 Å². The summed E-state index contributed by atoms with van der Waals surface area (Å²) in [6.07, 6.45) is -4.09. The molecule has 0 N–H and O–H groups in total. The number of thioether (sulfide) groups is 1. The molecular weight excluding hydrogens is 443 g/mol. The smallest absolute Gasteiger partial charge is 0.334 e. The Labute approximate surface area is 186 Å². The summed E-state index contributed by atoms with van der Waals surface area (Å²) in [6, 6.07) is 11.4. The summed E-state index contributed by atoms with van der Waals surface area (Å²) >= 11 is 1.40. The molecule has 0 aliphatic carbocycles. The van der Waals surface area contributed by atoms with Crippen molar-refractivity contribution in [3.63, 3.8) is 0 Å². The van der Waals surface area contributed by atoms with Gasteiger partial charge in [-0.25, -0.2) is 9.69 Å². The molecule has 0 spiro atoms. The van der Waals surface area contributed by atoms with Crippen LogP contribution in [0.5, 0.6) is 0 Å². The molecule has 2 aromatic carbocycles. The Morgan fingerprint density at radius 3 is 2.53 bits per heavy atom. The number of anilines is 1. The van der Waals surface area contributed by atoms with Crippen molar-refractivity contribution < 1.29 is 27.6 Å². The number of alkyl halides is 3. The third-order valence-corrected chi connectivity index (χ3v) is 7.12. The first-order chi connectivity index (χ1) is 15.3. The second-order valence-corrected chi connectivity index (χ2v) is 9.01. The van der Waals surface area contributed by atoms with E-state index >= 15 is 0 Å². The average Bonchev–Trinajstić information content (AvgIpc) is 3.43. The van der Waals surface area contributed by atoms with Crippen molar-refractivity contribution in [3.8, 4) is 0 Å². The zero-order valence-electron chi connectivity index (χ0n) is 16.7. The van der Waals surface area contributed by atoms with Gasteiger partial charge in [-0.05, 0) is 36.8 Å². The number of halogens is 3. The summed E-state index contributed by atoms with van der Waals surface area (Å²) in [5.74, 6) is -0.502. The van der Waals surface area contributed by atoms with Crippen LogP contribution in [0.25, 0.3) is 0 Å². The molecule has 0 radical (unpaired) electrons. The van der Waals surface area contributed by atoms with Gasteiger partial charge < -0.3 is 9.80 Å². The van der Waals surface area contributed by atoms with Crippen LogP contribution >= 0.6 is 11.8 Å². The number of amides is 4. The Kier molecular flexibility index (Phi) is 4.92. The van der Waals surface area contributed by atoms with Crippen molar-refractivity contribution in [2.45, 2.75) is 35.6 Å². The number of urea groups is 1. The van der Waals surface area contributed by atoms with Crippen LogP contribution < -0.4 is 4.90 Å². The van der Waals surface area contributed by atoms with E-state index < -0.39 is 35.8 Å². The lowest BCUT2D eigenvalue weighted by Gasteiger charge is -2.34. The Morgan fingerprint density at radius 1 is 1.06 bits per heavy atom. The molecule has 32 heavy (non-hydrogen) atoms. The lowest BCUT2D eigenvalue weighted by atomic mass is 10.1. The van der Waals surface area contributed by atoms with Gasteiger partial charge in [0.2, 0.25) is 5.91 Å². The Morgan fingerprint density at radius 2 is 1.81 bits per heavy atom. The number of hydrogen-bond donors (Lipinski definition) is 0. The Balaban J connectivity index is 1.34. The highest BCUT2D eigenvalue weighted by Gasteiger charge is 2.62. The number of benzene rings is 2. The van der Waals surface area contributed by atoms with E-state index in [1.165, 1.54) is 28.8 Å². The van der Waals surface area contributed by atoms with Crippen LogP contribution in [0.4, 0.5) is 23.7 Å². The minimum Gasteiger partial charge on any atom is -0.334 e. The van der Waals surface area contributed by atoms with E-state index in [0.29, 0.717) is 13.0 Å². The van der Waals surface area contributed by atoms with E-state index in [0.717, 1.165) is 21.9 Å². The fourth-order valence-corrected chi connectivity index (χ4v) is 5.55. The van der Waals surface area contributed by atoms with Crippen LogP contribution in [-0.4, -0.2) is 58.1 Å². The molecule has 5 rings (SSSR count). The topological polar surface area (TPSA) is 60.9 Å². The molecule has 10 heteroatoms. The summed E-state index contributed by atoms with van der Waals surface area (Å²) < 4.78 is 39.3. The summed E-state index contributed by atoms with van der Waals surface area (Å²) in [4.78, 5) is 43.8. The summed E-state index contributed by atoms with van der Waals surface area (Å²) in [5.41, 5.74) is -1.04. The van der Waals surface area contributed by atoms with Gasteiger partial charge in [-0.15, -0.1) is 11.8 Å². The molecule has 3 atom stereocenters. The molecule has 3 aliphatic rings. The predicted octanol–water partition coefficient (Wildman–Crippen LogP) is 3.62. The van der Waals surface area contributed by atoms with Gasteiger partial charge in [0, 0.05) is 11.4 Å². The molecule has 166 valence electrons. The van der Waals surface area contributed by atoms with Crippen molar-refractivity contribution >= 4 is 35.3 Å². The zero-order chi connectivity index (χ0) is 22.6. The number of carbonyl (C=O) groups is 3. The number of nitrogens with zero attached hydrogens (tertiary/aromatic N) is 3. The first-order valence-corrected chi connectivity index (χ1v) is 11.0. The number of carbonyl (C=O) groups excluding carboxylic acids is 3. The van der Waals surface area contributed by atoms with Crippen molar-refractivity contribution in [1.29, 1.82) is 0 Å². The van der Waals surface area contributed by atoms with Crippen molar-refractivity contribution in [1.82, 2.24) is 9.80 Å². The largest absolute Gasteiger partial charge is 0.416 e. The molecule has 2 bridgehead atoms. The van der Waals surface area contributed by atoms with Gasteiger partial charge in [-0.2, -0.15) is 13.2 Å². The van der Waals surface area contributed by atoms with Crippen molar-refractivity contribution in [2.75, 3.05) is 17.2 Å². The maximum Gasteiger partial charge on any atom is 0.416 e. The minimum atomic E-state index is -4.59. The molecular formula is C22H18F3N3O3S. The maximum absolute atomic E-state index is 13.1. The lowest BCUT2D eigenvalue weighted by Crippen LogP contribution is -2.55. The second kappa shape index (κ2) is 7.54. The molecule has 3 saturated heterocycles. The van der Waals surface area contributed by atoms with Crippen molar-refractivity contribution in [2.24, 2.45) is 0 Å². The van der Waals surface area contributed by atoms with Gasteiger partial charge in [0.25, 0.3) is 5.91 Å². The maximum atomic E-state index is 13.1. The van der Waals surface area contributed by atoms with Crippen LogP contribution in [0.1, 0.15) is 12.0 Å². The SMILES string of the molecule is O=C1[C@H]2[C@H]3CC(CN3C(=O)CSc3ccccc3)N2C(=O)N1c1cccc(C(F)(F)F)c1. The van der Waals surface area contributed by atoms with Crippen LogP contribution in [0.15, 0.2) is 59.5 Å².